The molecule has 0 aromatic carbocycles. The quantitative estimate of drug-likeness (QED) is 0.804. The lowest BCUT2D eigenvalue weighted by molar-refractivity contribution is 0.0697. The Morgan fingerprint density at radius 2 is 2.00 bits per heavy atom. The number of rotatable bonds is 3. The van der Waals surface area contributed by atoms with Crippen molar-refractivity contribution in [2.24, 2.45) is 0 Å². The van der Waals surface area contributed by atoms with Crippen LogP contribution in [-0.4, -0.2) is 26.0 Å². The highest BCUT2D eigenvalue weighted by molar-refractivity contribution is 7.13. The van der Waals surface area contributed by atoms with Crippen molar-refractivity contribution in [3.8, 4) is 22.1 Å². The first-order chi connectivity index (χ1) is 10.1. The Bertz CT molecular complexity index is 802. The monoisotopic (exact) mass is 301 g/mol. The van der Waals surface area contributed by atoms with E-state index in [-0.39, 0.29) is 5.56 Å². The highest BCUT2D eigenvalue weighted by Gasteiger charge is 2.11. The number of hydrogen-bond acceptors (Lipinski definition) is 5. The first kappa shape index (κ1) is 13.3. The molecule has 0 atom stereocenters. The van der Waals surface area contributed by atoms with E-state index in [4.69, 9.17) is 5.11 Å². The number of hydrogen-bond donors (Lipinski definition) is 1. The highest BCUT2D eigenvalue weighted by Crippen LogP contribution is 2.27. The molecular weight excluding hydrogens is 293 g/mol. The normalized spacial score (nSPS) is 10.5. The van der Waals surface area contributed by atoms with Gasteiger partial charge in [0.1, 0.15) is 16.5 Å². The first-order valence-corrected chi connectivity index (χ1v) is 6.78. The maximum Gasteiger partial charge on any atom is 0.335 e. The Morgan fingerprint density at radius 1 is 1.14 bits per heavy atom. The summed E-state index contributed by atoms with van der Waals surface area (Å²) in [4.78, 5) is 23.4. The molecule has 21 heavy (non-hydrogen) atoms. The number of aromatic carboxylic acids is 1. The van der Waals surface area contributed by atoms with E-state index >= 15 is 0 Å². The summed E-state index contributed by atoms with van der Waals surface area (Å²) in [5, 5.41) is 11.3. The van der Waals surface area contributed by atoms with E-state index in [0.29, 0.717) is 22.1 Å². The van der Waals surface area contributed by atoms with Gasteiger partial charge in [0.25, 0.3) is 0 Å². The number of pyridine rings is 2. The molecule has 0 amide bonds. The molecule has 0 unspecified atom stereocenters. The Hall–Kier alpha value is -2.67. The van der Waals surface area contributed by atoms with Gasteiger partial charge in [0, 0.05) is 11.6 Å². The van der Waals surface area contributed by atoms with Crippen molar-refractivity contribution in [2.75, 3.05) is 0 Å². The molecule has 3 aromatic heterocycles. The Balaban J connectivity index is 1.96. The second kappa shape index (κ2) is 5.37. The van der Waals surface area contributed by atoms with Crippen LogP contribution < -0.4 is 0 Å². The molecule has 0 aliphatic heterocycles. The predicted molar refractivity (Wildman–Crippen MR) is 75.5 cm³/mol. The highest BCUT2D eigenvalue weighted by atomic mass is 32.1. The molecule has 0 bridgehead atoms. The minimum absolute atomic E-state index is 0.150. The van der Waals surface area contributed by atoms with Gasteiger partial charge in [-0.1, -0.05) is 0 Å². The van der Waals surface area contributed by atoms with E-state index in [1.807, 2.05) is 0 Å². The number of carboxylic acid groups (broad SMARTS) is 1. The van der Waals surface area contributed by atoms with Crippen LogP contribution in [0.15, 0.2) is 42.0 Å². The van der Waals surface area contributed by atoms with Gasteiger partial charge >= 0.3 is 5.97 Å². The van der Waals surface area contributed by atoms with E-state index < -0.39 is 11.8 Å². The molecule has 0 saturated carbocycles. The summed E-state index contributed by atoms with van der Waals surface area (Å²) in [6, 6.07) is 5.73. The summed E-state index contributed by atoms with van der Waals surface area (Å²) >= 11 is 1.32. The van der Waals surface area contributed by atoms with Crippen LogP contribution >= 0.6 is 11.3 Å². The number of carbonyl (C=O) groups is 1. The van der Waals surface area contributed by atoms with Gasteiger partial charge in [-0.2, -0.15) is 0 Å². The van der Waals surface area contributed by atoms with Crippen LogP contribution in [0.3, 0.4) is 0 Å². The standard InChI is InChI=1S/C14H8FN3O2S/c15-9-1-2-10(17-6-9)12-7-21-13(18-12)11-5-8(14(19)20)3-4-16-11/h1-7H,(H,19,20). The van der Waals surface area contributed by atoms with Crippen molar-refractivity contribution in [1.82, 2.24) is 15.0 Å². The molecule has 0 fully saturated rings. The Kier molecular flexibility index (Phi) is 3.41. The maximum atomic E-state index is 12.8. The van der Waals surface area contributed by atoms with Crippen molar-refractivity contribution >= 4 is 17.3 Å². The lowest BCUT2D eigenvalue weighted by Crippen LogP contribution is -1.97. The SMILES string of the molecule is O=C(O)c1ccnc(-c2nc(-c3ccc(F)cn3)cs2)c1. The van der Waals surface area contributed by atoms with E-state index in [9.17, 15) is 9.18 Å². The molecule has 7 heteroatoms. The van der Waals surface area contributed by atoms with Crippen LogP contribution in [0.2, 0.25) is 0 Å². The summed E-state index contributed by atoms with van der Waals surface area (Å²) in [6.45, 7) is 0. The lowest BCUT2D eigenvalue weighted by atomic mass is 10.2. The van der Waals surface area contributed by atoms with Crippen molar-refractivity contribution in [3.63, 3.8) is 0 Å². The molecule has 3 aromatic rings. The minimum Gasteiger partial charge on any atom is -0.478 e. The lowest BCUT2D eigenvalue weighted by Gasteiger charge is -1.98. The average molecular weight is 301 g/mol. The molecule has 0 aliphatic rings. The Labute approximate surface area is 122 Å². The number of halogens is 1. The predicted octanol–water partition coefficient (Wildman–Crippen LogP) is 3.10. The second-order valence-electron chi connectivity index (χ2n) is 4.13. The second-order valence-corrected chi connectivity index (χ2v) is 4.99. The summed E-state index contributed by atoms with van der Waals surface area (Å²) in [7, 11) is 0. The molecule has 0 aliphatic carbocycles. The molecular formula is C14H8FN3O2S. The fourth-order valence-corrected chi connectivity index (χ4v) is 2.50. The van der Waals surface area contributed by atoms with Gasteiger partial charge in [0.15, 0.2) is 0 Å². The first-order valence-electron chi connectivity index (χ1n) is 5.90. The van der Waals surface area contributed by atoms with Crippen molar-refractivity contribution in [3.05, 3.63) is 53.4 Å². The third kappa shape index (κ3) is 2.77. The van der Waals surface area contributed by atoms with Gasteiger partial charge in [-0.3, -0.25) is 9.97 Å². The number of nitrogens with zero attached hydrogens (tertiary/aromatic N) is 3. The van der Waals surface area contributed by atoms with Crippen molar-refractivity contribution in [1.29, 1.82) is 0 Å². The Morgan fingerprint density at radius 3 is 2.71 bits per heavy atom. The fraction of sp³-hybridized carbons (Fsp3) is 0. The van der Waals surface area contributed by atoms with Gasteiger partial charge in [0.05, 0.1) is 23.1 Å². The van der Waals surface area contributed by atoms with E-state index in [2.05, 4.69) is 15.0 Å². The molecule has 0 saturated heterocycles. The van der Waals surface area contributed by atoms with Crippen LogP contribution in [0.25, 0.3) is 22.1 Å². The topological polar surface area (TPSA) is 76.0 Å². The molecule has 0 spiro atoms. The zero-order valence-corrected chi connectivity index (χ0v) is 11.3. The van der Waals surface area contributed by atoms with Crippen molar-refractivity contribution in [2.45, 2.75) is 0 Å². The molecule has 104 valence electrons. The van der Waals surface area contributed by atoms with Gasteiger partial charge in [-0.25, -0.2) is 14.2 Å². The van der Waals surface area contributed by atoms with Crippen molar-refractivity contribution < 1.29 is 14.3 Å². The number of thiazole rings is 1. The van der Waals surface area contributed by atoms with Crippen LogP contribution in [0.4, 0.5) is 4.39 Å². The van der Waals surface area contributed by atoms with Crippen LogP contribution in [0.1, 0.15) is 10.4 Å². The smallest absolute Gasteiger partial charge is 0.335 e. The van der Waals surface area contributed by atoms with Gasteiger partial charge in [-0.15, -0.1) is 11.3 Å². The minimum atomic E-state index is -1.02. The fourth-order valence-electron chi connectivity index (χ4n) is 1.72. The van der Waals surface area contributed by atoms with Gasteiger partial charge < -0.3 is 5.11 Å². The van der Waals surface area contributed by atoms with Gasteiger partial charge in [0.2, 0.25) is 0 Å². The summed E-state index contributed by atoms with van der Waals surface area (Å²) < 4.78 is 12.8. The molecule has 5 nitrogen and oxygen atoms in total. The summed E-state index contributed by atoms with van der Waals surface area (Å²) in [6.07, 6.45) is 2.55. The van der Waals surface area contributed by atoms with E-state index in [1.165, 1.54) is 41.8 Å². The van der Waals surface area contributed by atoms with Crippen LogP contribution in [0, 0.1) is 5.82 Å². The van der Waals surface area contributed by atoms with E-state index in [0.717, 1.165) is 6.20 Å². The largest absolute Gasteiger partial charge is 0.478 e. The third-order valence-corrected chi connectivity index (χ3v) is 3.58. The van der Waals surface area contributed by atoms with Crippen LogP contribution in [-0.2, 0) is 0 Å². The number of aromatic nitrogens is 3. The van der Waals surface area contributed by atoms with Gasteiger partial charge in [-0.05, 0) is 24.3 Å². The summed E-state index contributed by atoms with van der Waals surface area (Å²) in [5.74, 6) is -1.43. The molecule has 0 radical (unpaired) electrons. The molecule has 3 heterocycles. The molecule has 3 rings (SSSR count). The maximum absolute atomic E-state index is 12.8. The van der Waals surface area contributed by atoms with Crippen LogP contribution in [0.5, 0.6) is 0 Å². The zero-order valence-electron chi connectivity index (χ0n) is 10.5. The summed E-state index contributed by atoms with van der Waals surface area (Å²) in [5.41, 5.74) is 1.77. The molecule has 1 N–H and O–H groups in total. The third-order valence-electron chi connectivity index (χ3n) is 2.72. The number of carboxylic acids is 1. The van der Waals surface area contributed by atoms with E-state index in [1.54, 1.807) is 5.38 Å². The zero-order chi connectivity index (χ0) is 14.8. The average Bonchev–Trinajstić information content (AvgIpc) is 2.98.